The van der Waals surface area contributed by atoms with Crippen LogP contribution in [0.3, 0.4) is 0 Å². The minimum absolute atomic E-state index is 0.0871. The summed E-state index contributed by atoms with van der Waals surface area (Å²) in [5.41, 5.74) is 0.823. The van der Waals surface area contributed by atoms with Gasteiger partial charge in [-0.15, -0.1) is 0 Å². The number of amides is 2. The van der Waals surface area contributed by atoms with Crippen LogP contribution in [0.4, 0.5) is 0 Å². The second kappa shape index (κ2) is 11.8. The highest BCUT2D eigenvalue weighted by atomic mass is 16.5. The van der Waals surface area contributed by atoms with E-state index in [1.165, 1.54) is 0 Å². The molecule has 0 saturated carbocycles. The molecule has 1 unspecified atom stereocenters. The molecule has 0 radical (unpaired) electrons. The largest absolute Gasteiger partial charge is 0.462 e. The Balaban J connectivity index is 2.23. The summed E-state index contributed by atoms with van der Waals surface area (Å²) in [6.07, 6.45) is 4.91. The van der Waals surface area contributed by atoms with E-state index in [2.05, 4.69) is 16.9 Å². The van der Waals surface area contributed by atoms with Crippen molar-refractivity contribution in [2.45, 2.75) is 79.2 Å². The molecule has 1 aromatic rings. The lowest BCUT2D eigenvalue weighted by Gasteiger charge is -2.40. The molecule has 1 atom stereocenters. The number of hydrogen-bond acceptors (Lipinski definition) is 6. The Bertz CT molecular complexity index is 796. The smallest absolute Gasteiger partial charge is 0.342 e. The van der Waals surface area contributed by atoms with Crippen LogP contribution < -0.4 is 0 Å². The second-order valence-corrected chi connectivity index (χ2v) is 8.06. The fraction of sp³-hybridized carbons (Fsp3) is 0.696. The lowest BCUT2D eigenvalue weighted by molar-refractivity contribution is -0.135. The van der Waals surface area contributed by atoms with Gasteiger partial charge in [-0.05, 0) is 33.6 Å². The highest BCUT2D eigenvalue weighted by Gasteiger charge is 2.33. The van der Waals surface area contributed by atoms with Gasteiger partial charge in [0.15, 0.2) is 0 Å². The van der Waals surface area contributed by atoms with Crippen LogP contribution in [0.25, 0.3) is 0 Å². The van der Waals surface area contributed by atoms with Crippen LogP contribution in [-0.4, -0.2) is 69.8 Å². The number of esters is 1. The summed E-state index contributed by atoms with van der Waals surface area (Å²) in [7, 11) is 0. The van der Waals surface area contributed by atoms with Crippen molar-refractivity contribution < 1.29 is 19.1 Å². The van der Waals surface area contributed by atoms with Crippen LogP contribution in [0.15, 0.2) is 0 Å². The third-order valence-electron chi connectivity index (χ3n) is 5.49. The number of nitrogens with zero attached hydrogens (tertiary/aromatic N) is 4. The van der Waals surface area contributed by atoms with Crippen molar-refractivity contribution in [3.05, 3.63) is 22.8 Å². The zero-order chi connectivity index (χ0) is 23.0. The summed E-state index contributed by atoms with van der Waals surface area (Å²) in [5.74, 6) is -0.274. The number of carbonyl (C=O) groups excluding carboxylic acids is 3. The first-order valence-electron chi connectivity index (χ1n) is 11.5. The summed E-state index contributed by atoms with van der Waals surface area (Å²) in [6.45, 7) is 11.0. The molecule has 2 heterocycles. The number of unbranched alkanes of at least 4 members (excludes halogenated alkanes) is 2. The zero-order valence-corrected chi connectivity index (χ0v) is 19.6. The molecular weight excluding hydrogens is 396 g/mol. The van der Waals surface area contributed by atoms with Crippen molar-refractivity contribution >= 4 is 17.8 Å². The van der Waals surface area contributed by atoms with Crippen LogP contribution >= 0.6 is 0 Å². The molecule has 2 amide bonds. The molecule has 1 fully saturated rings. The van der Waals surface area contributed by atoms with Crippen LogP contribution in [0.2, 0.25) is 0 Å². The molecule has 1 aliphatic heterocycles. The standard InChI is InChI=1S/C23H36N4O4/c1-6-9-10-12-19(28)27-14-13-26(15-16(27)4)22(29)21-20(23(30)31-8-3)18(11-7-2)24-17(5)25-21/h16H,6-15H2,1-5H3. The first kappa shape index (κ1) is 24.8. The molecule has 1 aliphatic rings. The van der Waals surface area contributed by atoms with Crippen molar-refractivity contribution in [1.82, 2.24) is 19.8 Å². The highest BCUT2D eigenvalue weighted by Crippen LogP contribution is 2.20. The average Bonchev–Trinajstić information content (AvgIpc) is 2.73. The van der Waals surface area contributed by atoms with Gasteiger partial charge in [0.2, 0.25) is 5.91 Å². The van der Waals surface area contributed by atoms with Crippen molar-refractivity contribution in [3.63, 3.8) is 0 Å². The summed E-state index contributed by atoms with van der Waals surface area (Å²) in [4.78, 5) is 50.9. The Kier molecular flexibility index (Phi) is 9.40. The molecular formula is C23H36N4O4. The number of carbonyl (C=O) groups is 3. The predicted molar refractivity (Wildman–Crippen MR) is 118 cm³/mol. The van der Waals surface area contributed by atoms with E-state index in [-0.39, 0.29) is 35.7 Å². The topological polar surface area (TPSA) is 92.7 Å². The Labute approximate surface area is 185 Å². The number of aromatic nitrogens is 2. The normalized spacial score (nSPS) is 16.4. The van der Waals surface area contributed by atoms with E-state index in [9.17, 15) is 14.4 Å². The Morgan fingerprint density at radius 1 is 1.06 bits per heavy atom. The van der Waals surface area contributed by atoms with Gasteiger partial charge in [-0.25, -0.2) is 14.8 Å². The highest BCUT2D eigenvalue weighted by molar-refractivity contribution is 6.04. The lowest BCUT2D eigenvalue weighted by Crippen LogP contribution is -2.55. The molecule has 8 nitrogen and oxygen atoms in total. The molecule has 2 rings (SSSR count). The van der Waals surface area contributed by atoms with Gasteiger partial charge < -0.3 is 14.5 Å². The number of ether oxygens (including phenoxy) is 1. The van der Waals surface area contributed by atoms with E-state index in [0.29, 0.717) is 44.0 Å². The van der Waals surface area contributed by atoms with Gasteiger partial charge in [0.25, 0.3) is 5.91 Å². The van der Waals surface area contributed by atoms with Crippen LogP contribution in [0, 0.1) is 6.92 Å². The molecule has 8 heteroatoms. The van der Waals surface area contributed by atoms with Gasteiger partial charge in [-0.3, -0.25) is 9.59 Å². The van der Waals surface area contributed by atoms with E-state index < -0.39 is 5.97 Å². The van der Waals surface area contributed by atoms with E-state index in [1.807, 2.05) is 18.7 Å². The Morgan fingerprint density at radius 3 is 2.42 bits per heavy atom. The number of piperazine rings is 1. The average molecular weight is 433 g/mol. The Hall–Kier alpha value is -2.51. The molecule has 0 aromatic carbocycles. The first-order valence-corrected chi connectivity index (χ1v) is 11.5. The molecule has 0 bridgehead atoms. The van der Waals surface area contributed by atoms with Gasteiger partial charge in [-0.2, -0.15) is 0 Å². The molecule has 0 spiro atoms. The van der Waals surface area contributed by atoms with Crippen molar-refractivity contribution in [2.75, 3.05) is 26.2 Å². The van der Waals surface area contributed by atoms with Gasteiger partial charge in [-0.1, -0.05) is 33.1 Å². The van der Waals surface area contributed by atoms with E-state index in [4.69, 9.17) is 4.74 Å². The number of rotatable bonds is 9. The summed E-state index contributed by atoms with van der Waals surface area (Å²) >= 11 is 0. The first-order chi connectivity index (χ1) is 14.8. The summed E-state index contributed by atoms with van der Waals surface area (Å²) in [6, 6.07) is -0.0871. The van der Waals surface area contributed by atoms with Crippen molar-refractivity contribution in [3.8, 4) is 0 Å². The van der Waals surface area contributed by atoms with Crippen molar-refractivity contribution in [1.29, 1.82) is 0 Å². The van der Waals surface area contributed by atoms with E-state index in [1.54, 1.807) is 18.7 Å². The zero-order valence-electron chi connectivity index (χ0n) is 19.6. The molecule has 0 aliphatic carbocycles. The van der Waals surface area contributed by atoms with Gasteiger partial charge >= 0.3 is 5.97 Å². The van der Waals surface area contributed by atoms with Gasteiger partial charge in [0.1, 0.15) is 17.1 Å². The molecule has 0 N–H and O–H groups in total. The van der Waals surface area contributed by atoms with Crippen LogP contribution in [-0.2, 0) is 16.0 Å². The SMILES string of the molecule is CCCCCC(=O)N1CCN(C(=O)c2nc(C)nc(CCC)c2C(=O)OCC)CC1C. The third-order valence-corrected chi connectivity index (χ3v) is 5.49. The lowest BCUT2D eigenvalue weighted by atomic mass is 10.1. The molecule has 172 valence electrons. The molecule has 1 aromatic heterocycles. The maximum atomic E-state index is 13.4. The number of aryl methyl sites for hydroxylation is 2. The molecule has 1 saturated heterocycles. The van der Waals surface area contributed by atoms with Gasteiger partial charge in [0.05, 0.1) is 12.3 Å². The predicted octanol–water partition coefficient (Wildman–Crippen LogP) is 3.17. The monoisotopic (exact) mass is 432 g/mol. The quantitative estimate of drug-likeness (QED) is 0.440. The molecule has 31 heavy (non-hydrogen) atoms. The second-order valence-electron chi connectivity index (χ2n) is 8.06. The van der Waals surface area contributed by atoms with Crippen molar-refractivity contribution in [2.24, 2.45) is 0 Å². The summed E-state index contributed by atoms with van der Waals surface area (Å²) in [5, 5.41) is 0. The van der Waals surface area contributed by atoms with Gasteiger partial charge in [0, 0.05) is 32.1 Å². The van der Waals surface area contributed by atoms with Crippen LogP contribution in [0.5, 0.6) is 0 Å². The van der Waals surface area contributed by atoms with Crippen LogP contribution in [0.1, 0.15) is 92.2 Å². The minimum Gasteiger partial charge on any atom is -0.462 e. The third kappa shape index (κ3) is 6.24. The fourth-order valence-corrected chi connectivity index (χ4v) is 3.95. The maximum absolute atomic E-state index is 13.4. The summed E-state index contributed by atoms with van der Waals surface area (Å²) < 4.78 is 5.21. The van der Waals surface area contributed by atoms with E-state index >= 15 is 0 Å². The minimum atomic E-state index is -0.563. The Morgan fingerprint density at radius 2 is 1.81 bits per heavy atom. The number of hydrogen-bond donors (Lipinski definition) is 0. The fourth-order valence-electron chi connectivity index (χ4n) is 3.95. The maximum Gasteiger partial charge on any atom is 0.342 e. The van der Waals surface area contributed by atoms with E-state index in [0.717, 1.165) is 25.7 Å².